The first-order valence-electron chi connectivity index (χ1n) is 6.55. The standard InChI is InChI=1S/C15H9Cl2N3O3/c16-12-5-9-6-14(21)18-19-15(11(9)7-13(12)17)8-1-3-10(4-2-8)20(22)23/h1-5,7H,6H2,(H,18,21). The SMILES string of the molecule is O=C1Cc2cc(Cl)c(Cl)cc2C(c2ccc([N+](=O)[O-])cc2)=NN1. The molecule has 3 rings (SSSR count). The van der Waals surface area contributed by atoms with E-state index in [0.29, 0.717) is 32.4 Å². The fourth-order valence-corrected chi connectivity index (χ4v) is 2.66. The molecular formula is C15H9Cl2N3O3. The lowest BCUT2D eigenvalue weighted by atomic mass is 9.96. The highest BCUT2D eigenvalue weighted by atomic mass is 35.5. The maximum absolute atomic E-state index is 11.8. The summed E-state index contributed by atoms with van der Waals surface area (Å²) in [5.74, 6) is -0.276. The lowest BCUT2D eigenvalue weighted by Crippen LogP contribution is -2.18. The predicted octanol–water partition coefficient (Wildman–Crippen LogP) is 3.33. The summed E-state index contributed by atoms with van der Waals surface area (Å²) in [4.78, 5) is 22.1. The Morgan fingerprint density at radius 2 is 1.78 bits per heavy atom. The van der Waals surface area contributed by atoms with Crippen LogP contribution in [-0.2, 0) is 11.2 Å². The van der Waals surface area contributed by atoms with Crippen molar-refractivity contribution in [2.75, 3.05) is 0 Å². The molecule has 0 saturated carbocycles. The van der Waals surface area contributed by atoms with Gasteiger partial charge in [-0.1, -0.05) is 23.2 Å². The van der Waals surface area contributed by atoms with Gasteiger partial charge in [-0.2, -0.15) is 5.10 Å². The van der Waals surface area contributed by atoms with Crippen LogP contribution in [0.5, 0.6) is 0 Å². The molecule has 1 heterocycles. The van der Waals surface area contributed by atoms with Crippen LogP contribution in [0, 0.1) is 10.1 Å². The quantitative estimate of drug-likeness (QED) is 0.666. The van der Waals surface area contributed by atoms with Crippen LogP contribution < -0.4 is 5.43 Å². The van der Waals surface area contributed by atoms with E-state index in [1.807, 2.05) is 0 Å². The second-order valence-corrected chi connectivity index (χ2v) is 5.71. The van der Waals surface area contributed by atoms with Gasteiger partial charge in [0, 0.05) is 23.3 Å². The highest BCUT2D eigenvalue weighted by molar-refractivity contribution is 6.42. The molecule has 0 unspecified atom stereocenters. The van der Waals surface area contributed by atoms with E-state index in [9.17, 15) is 14.9 Å². The average Bonchev–Trinajstić information content (AvgIpc) is 2.67. The van der Waals surface area contributed by atoms with Crippen LogP contribution in [0.15, 0.2) is 41.5 Å². The largest absolute Gasteiger partial charge is 0.273 e. The molecule has 0 atom stereocenters. The van der Waals surface area contributed by atoms with Gasteiger partial charge in [0.15, 0.2) is 0 Å². The Labute approximate surface area is 140 Å². The van der Waals surface area contributed by atoms with Crippen molar-refractivity contribution in [3.05, 3.63) is 73.2 Å². The number of amides is 1. The van der Waals surface area contributed by atoms with E-state index in [2.05, 4.69) is 10.5 Å². The van der Waals surface area contributed by atoms with Crippen molar-refractivity contribution < 1.29 is 9.72 Å². The van der Waals surface area contributed by atoms with Gasteiger partial charge in [0.05, 0.1) is 27.1 Å². The van der Waals surface area contributed by atoms with Crippen LogP contribution in [0.2, 0.25) is 10.0 Å². The molecule has 2 aromatic carbocycles. The molecule has 0 spiro atoms. The molecule has 1 amide bonds. The number of carbonyl (C=O) groups is 1. The van der Waals surface area contributed by atoms with Crippen molar-refractivity contribution in [3.63, 3.8) is 0 Å². The Kier molecular flexibility index (Phi) is 4.02. The lowest BCUT2D eigenvalue weighted by molar-refractivity contribution is -0.384. The van der Waals surface area contributed by atoms with Crippen LogP contribution in [0.25, 0.3) is 0 Å². The number of non-ortho nitro benzene ring substituents is 1. The van der Waals surface area contributed by atoms with E-state index < -0.39 is 4.92 Å². The summed E-state index contributed by atoms with van der Waals surface area (Å²) in [5, 5.41) is 15.6. The number of benzene rings is 2. The van der Waals surface area contributed by atoms with E-state index in [-0.39, 0.29) is 18.0 Å². The Bertz CT molecular complexity index is 848. The second kappa shape index (κ2) is 5.98. The molecule has 6 nitrogen and oxygen atoms in total. The lowest BCUT2D eigenvalue weighted by Gasteiger charge is -2.10. The molecule has 1 aliphatic heterocycles. The van der Waals surface area contributed by atoms with E-state index in [1.54, 1.807) is 24.3 Å². The van der Waals surface area contributed by atoms with Crippen molar-refractivity contribution in [3.8, 4) is 0 Å². The third kappa shape index (κ3) is 3.04. The van der Waals surface area contributed by atoms with E-state index in [0.717, 1.165) is 0 Å². The number of nitro benzene ring substituents is 1. The van der Waals surface area contributed by atoms with E-state index in [1.165, 1.54) is 12.1 Å². The molecule has 1 N–H and O–H groups in total. The Morgan fingerprint density at radius 1 is 1.13 bits per heavy atom. The predicted molar refractivity (Wildman–Crippen MR) is 87.0 cm³/mol. The molecule has 1 aliphatic rings. The normalized spacial score (nSPS) is 13.7. The zero-order valence-corrected chi connectivity index (χ0v) is 13.1. The molecule has 116 valence electrons. The van der Waals surface area contributed by atoms with Gasteiger partial charge in [-0.05, 0) is 29.8 Å². The minimum Gasteiger partial charge on any atom is -0.273 e. The van der Waals surface area contributed by atoms with Gasteiger partial charge in [-0.3, -0.25) is 14.9 Å². The summed E-state index contributed by atoms with van der Waals surface area (Å²) in [5.41, 5.74) is 4.86. The molecule has 0 aromatic heterocycles. The van der Waals surface area contributed by atoms with Gasteiger partial charge in [-0.25, -0.2) is 5.43 Å². The number of nitrogens with zero attached hydrogens (tertiary/aromatic N) is 2. The summed E-state index contributed by atoms with van der Waals surface area (Å²) in [7, 11) is 0. The second-order valence-electron chi connectivity index (χ2n) is 4.90. The van der Waals surface area contributed by atoms with E-state index >= 15 is 0 Å². The summed E-state index contributed by atoms with van der Waals surface area (Å²) >= 11 is 12.1. The Hall–Kier alpha value is -2.44. The molecule has 23 heavy (non-hydrogen) atoms. The monoisotopic (exact) mass is 349 g/mol. The first kappa shape index (κ1) is 15.5. The molecule has 0 radical (unpaired) electrons. The summed E-state index contributed by atoms with van der Waals surface area (Å²) in [6, 6.07) is 9.16. The van der Waals surface area contributed by atoms with Crippen LogP contribution in [-0.4, -0.2) is 16.5 Å². The van der Waals surface area contributed by atoms with Crippen molar-refractivity contribution >= 4 is 40.5 Å². The summed E-state index contributed by atoms with van der Waals surface area (Å²) in [6.07, 6.45) is 0.117. The van der Waals surface area contributed by atoms with Gasteiger partial charge in [0.2, 0.25) is 5.91 Å². The minimum atomic E-state index is -0.481. The van der Waals surface area contributed by atoms with Crippen molar-refractivity contribution in [1.29, 1.82) is 0 Å². The number of hydrogen-bond donors (Lipinski definition) is 1. The first-order chi connectivity index (χ1) is 11.0. The summed E-state index contributed by atoms with van der Waals surface area (Å²) < 4.78 is 0. The number of halogens is 2. The smallest absolute Gasteiger partial charge is 0.269 e. The zero-order chi connectivity index (χ0) is 16.6. The number of nitro groups is 1. The number of fused-ring (bicyclic) bond motifs is 1. The fraction of sp³-hybridized carbons (Fsp3) is 0.0667. The molecule has 0 fully saturated rings. The van der Waals surface area contributed by atoms with E-state index in [4.69, 9.17) is 23.2 Å². The fourth-order valence-electron chi connectivity index (χ4n) is 2.31. The van der Waals surface area contributed by atoms with Gasteiger partial charge in [0.25, 0.3) is 5.69 Å². The molecular weight excluding hydrogens is 341 g/mol. The van der Waals surface area contributed by atoms with Gasteiger partial charge in [-0.15, -0.1) is 0 Å². The maximum Gasteiger partial charge on any atom is 0.269 e. The number of nitrogens with one attached hydrogen (secondary N) is 1. The van der Waals surface area contributed by atoms with Crippen LogP contribution in [0.1, 0.15) is 16.7 Å². The molecule has 8 heteroatoms. The molecule has 2 aromatic rings. The minimum absolute atomic E-state index is 0.0265. The topological polar surface area (TPSA) is 84.6 Å². The van der Waals surface area contributed by atoms with Crippen molar-refractivity contribution in [2.45, 2.75) is 6.42 Å². The van der Waals surface area contributed by atoms with Gasteiger partial charge < -0.3 is 0 Å². The molecule has 0 bridgehead atoms. The number of rotatable bonds is 2. The maximum atomic E-state index is 11.8. The average molecular weight is 350 g/mol. The highest BCUT2D eigenvalue weighted by Crippen LogP contribution is 2.29. The van der Waals surface area contributed by atoms with Crippen LogP contribution >= 0.6 is 23.2 Å². The number of carbonyl (C=O) groups excluding carboxylic acids is 1. The number of hydrogen-bond acceptors (Lipinski definition) is 4. The van der Waals surface area contributed by atoms with Crippen LogP contribution in [0.4, 0.5) is 5.69 Å². The third-order valence-electron chi connectivity index (χ3n) is 3.40. The summed E-state index contributed by atoms with van der Waals surface area (Å²) in [6.45, 7) is 0. The van der Waals surface area contributed by atoms with Crippen molar-refractivity contribution in [1.82, 2.24) is 5.43 Å². The Morgan fingerprint density at radius 3 is 2.43 bits per heavy atom. The van der Waals surface area contributed by atoms with Gasteiger partial charge >= 0.3 is 0 Å². The molecule has 0 aliphatic carbocycles. The highest BCUT2D eigenvalue weighted by Gasteiger charge is 2.20. The van der Waals surface area contributed by atoms with Crippen molar-refractivity contribution in [2.24, 2.45) is 5.10 Å². The molecule has 0 saturated heterocycles. The first-order valence-corrected chi connectivity index (χ1v) is 7.31. The third-order valence-corrected chi connectivity index (χ3v) is 4.12. The Balaban J connectivity index is 2.13. The van der Waals surface area contributed by atoms with Crippen LogP contribution in [0.3, 0.4) is 0 Å². The zero-order valence-electron chi connectivity index (χ0n) is 11.5. The number of hydrazone groups is 1. The van der Waals surface area contributed by atoms with Gasteiger partial charge in [0.1, 0.15) is 0 Å².